The van der Waals surface area contributed by atoms with Crippen molar-refractivity contribution >= 4 is 34.7 Å². The van der Waals surface area contributed by atoms with Gasteiger partial charge in [0.25, 0.3) is 5.91 Å². The molecule has 2 heterocycles. The predicted octanol–water partition coefficient (Wildman–Crippen LogP) is 3.99. The molecule has 1 aliphatic carbocycles. The van der Waals surface area contributed by atoms with Crippen molar-refractivity contribution in [3.05, 3.63) is 52.7 Å². The molecule has 146 valence electrons. The first-order valence-corrected chi connectivity index (χ1v) is 10.8. The van der Waals surface area contributed by atoms with Crippen LogP contribution in [0.3, 0.4) is 0 Å². The van der Waals surface area contributed by atoms with Gasteiger partial charge in [0.1, 0.15) is 6.04 Å². The largest absolute Gasteiger partial charge is 0.325 e. The van der Waals surface area contributed by atoms with E-state index in [1.165, 1.54) is 4.90 Å². The summed E-state index contributed by atoms with van der Waals surface area (Å²) in [6, 6.07) is 12.2. The lowest BCUT2D eigenvalue weighted by Gasteiger charge is -2.32. The van der Waals surface area contributed by atoms with Crippen LogP contribution in [0.15, 0.2) is 47.8 Å². The van der Waals surface area contributed by atoms with Gasteiger partial charge in [-0.1, -0.05) is 43.5 Å². The first kappa shape index (κ1) is 18.9. The van der Waals surface area contributed by atoms with E-state index in [1.807, 2.05) is 23.6 Å². The number of hydrogen-bond donors (Lipinski definition) is 0. The van der Waals surface area contributed by atoms with Crippen LogP contribution >= 0.6 is 11.3 Å². The van der Waals surface area contributed by atoms with Crippen LogP contribution in [-0.4, -0.2) is 28.7 Å². The van der Waals surface area contributed by atoms with Crippen molar-refractivity contribution in [2.75, 3.05) is 4.90 Å². The van der Waals surface area contributed by atoms with Gasteiger partial charge in [0.05, 0.1) is 18.7 Å². The lowest BCUT2D eigenvalue weighted by Crippen LogP contribution is -2.47. The molecule has 0 spiro atoms. The molecule has 0 N–H and O–H groups in total. The van der Waals surface area contributed by atoms with E-state index in [1.54, 1.807) is 40.5 Å². The Balaban J connectivity index is 1.61. The number of amides is 3. The molecule has 0 radical (unpaired) electrons. The summed E-state index contributed by atoms with van der Waals surface area (Å²) < 4.78 is 0. The molecule has 1 aromatic heterocycles. The summed E-state index contributed by atoms with van der Waals surface area (Å²) in [7, 11) is 0. The molecule has 1 atom stereocenters. The van der Waals surface area contributed by atoms with E-state index in [4.69, 9.17) is 0 Å². The summed E-state index contributed by atoms with van der Waals surface area (Å²) in [5.41, 5.74) is 0.571. The third kappa shape index (κ3) is 3.74. The van der Waals surface area contributed by atoms with Crippen molar-refractivity contribution in [3.63, 3.8) is 0 Å². The number of thiophene rings is 1. The first-order chi connectivity index (χ1) is 13.6. The smallest absolute Gasteiger partial charge is 0.257 e. The van der Waals surface area contributed by atoms with Crippen LogP contribution in [0.1, 0.15) is 43.4 Å². The molecule has 2 aromatic rings. The Labute approximate surface area is 169 Å². The number of rotatable bonds is 5. The Bertz CT molecular complexity index is 844. The van der Waals surface area contributed by atoms with Gasteiger partial charge < -0.3 is 4.90 Å². The lowest BCUT2D eigenvalue weighted by molar-refractivity contribution is -0.143. The third-order valence-electron chi connectivity index (χ3n) is 5.66. The molecule has 28 heavy (non-hydrogen) atoms. The minimum absolute atomic E-state index is 0.0224. The Morgan fingerprint density at radius 1 is 1.04 bits per heavy atom. The van der Waals surface area contributed by atoms with Crippen molar-refractivity contribution in [1.82, 2.24) is 4.90 Å². The molecule has 3 amide bonds. The lowest BCUT2D eigenvalue weighted by atomic mass is 9.88. The minimum atomic E-state index is -0.718. The Kier molecular flexibility index (Phi) is 5.57. The van der Waals surface area contributed by atoms with Crippen LogP contribution in [0, 0.1) is 5.92 Å². The van der Waals surface area contributed by atoms with Gasteiger partial charge >= 0.3 is 0 Å². The van der Waals surface area contributed by atoms with Crippen LogP contribution in [0.5, 0.6) is 0 Å². The molecule has 0 bridgehead atoms. The third-order valence-corrected chi connectivity index (χ3v) is 6.52. The molecule has 1 aliphatic heterocycles. The zero-order chi connectivity index (χ0) is 19.5. The van der Waals surface area contributed by atoms with E-state index in [9.17, 15) is 14.4 Å². The molecule has 2 aliphatic rings. The quantitative estimate of drug-likeness (QED) is 0.718. The number of carbonyl (C=O) groups is 3. The van der Waals surface area contributed by atoms with Gasteiger partial charge in [-0.2, -0.15) is 0 Å². The van der Waals surface area contributed by atoms with Gasteiger partial charge in [-0.15, -0.1) is 11.3 Å². The van der Waals surface area contributed by atoms with Crippen LogP contribution in [0.4, 0.5) is 5.69 Å². The molecule has 2 fully saturated rings. The Morgan fingerprint density at radius 2 is 1.79 bits per heavy atom. The SMILES string of the molecule is O=C1CC(N(Cc2cccs2)C(=O)C2CCCCC2)C(=O)N1c1ccccc1. The maximum Gasteiger partial charge on any atom is 0.257 e. The van der Waals surface area contributed by atoms with Crippen molar-refractivity contribution in [2.24, 2.45) is 5.92 Å². The van der Waals surface area contributed by atoms with Gasteiger partial charge in [0.15, 0.2) is 0 Å². The summed E-state index contributed by atoms with van der Waals surface area (Å²) in [6.45, 7) is 0.388. The number of benzene rings is 1. The topological polar surface area (TPSA) is 57.7 Å². The van der Waals surface area contributed by atoms with Crippen molar-refractivity contribution in [2.45, 2.75) is 51.1 Å². The number of imide groups is 1. The second-order valence-electron chi connectivity index (χ2n) is 7.50. The van der Waals surface area contributed by atoms with Crippen LogP contribution < -0.4 is 4.90 Å². The molecule has 1 aromatic carbocycles. The summed E-state index contributed by atoms with van der Waals surface area (Å²) >= 11 is 1.57. The van der Waals surface area contributed by atoms with Gasteiger partial charge in [0, 0.05) is 10.8 Å². The monoisotopic (exact) mass is 396 g/mol. The van der Waals surface area contributed by atoms with Gasteiger partial charge in [-0.3, -0.25) is 14.4 Å². The van der Waals surface area contributed by atoms with E-state index < -0.39 is 6.04 Å². The van der Waals surface area contributed by atoms with E-state index >= 15 is 0 Å². The summed E-state index contributed by atoms with van der Waals surface area (Å²) in [5.74, 6) is -0.553. The summed E-state index contributed by atoms with van der Waals surface area (Å²) in [5, 5.41) is 1.97. The van der Waals surface area contributed by atoms with Crippen LogP contribution in [-0.2, 0) is 20.9 Å². The molecule has 5 nitrogen and oxygen atoms in total. The molecule has 4 rings (SSSR count). The maximum absolute atomic E-state index is 13.4. The molecule has 6 heteroatoms. The summed E-state index contributed by atoms with van der Waals surface area (Å²) in [4.78, 5) is 43.2. The van der Waals surface area contributed by atoms with Crippen molar-refractivity contribution < 1.29 is 14.4 Å². The average molecular weight is 397 g/mol. The Hall–Kier alpha value is -2.47. The van der Waals surface area contributed by atoms with Gasteiger partial charge in [-0.25, -0.2) is 4.90 Å². The highest BCUT2D eigenvalue weighted by Gasteiger charge is 2.45. The molecule has 1 unspecified atom stereocenters. The van der Waals surface area contributed by atoms with E-state index in [0.29, 0.717) is 12.2 Å². The first-order valence-electron chi connectivity index (χ1n) is 9.90. The normalized spacial score (nSPS) is 20.6. The fourth-order valence-electron chi connectivity index (χ4n) is 4.20. The maximum atomic E-state index is 13.4. The van der Waals surface area contributed by atoms with E-state index in [2.05, 4.69) is 0 Å². The van der Waals surface area contributed by atoms with Crippen LogP contribution in [0.2, 0.25) is 0 Å². The average Bonchev–Trinajstić information content (AvgIpc) is 3.34. The van der Waals surface area contributed by atoms with Gasteiger partial charge in [0.2, 0.25) is 11.8 Å². The number of hydrogen-bond acceptors (Lipinski definition) is 4. The standard InChI is InChI=1S/C22H24N2O3S/c25-20-14-19(22(27)24(20)17-10-5-2-6-11-17)23(15-18-12-7-13-28-18)21(26)16-8-3-1-4-9-16/h2,5-7,10-13,16,19H,1,3-4,8-9,14-15H2. The molecule has 1 saturated heterocycles. The van der Waals surface area contributed by atoms with Crippen molar-refractivity contribution in [3.8, 4) is 0 Å². The van der Waals surface area contributed by atoms with Gasteiger partial charge in [-0.05, 0) is 36.4 Å². The molecular formula is C22H24N2O3S. The fourth-order valence-corrected chi connectivity index (χ4v) is 4.91. The fraction of sp³-hybridized carbons (Fsp3) is 0.409. The number of para-hydroxylation sites is 1. The molecular weight excluding hydrogens is 372 g/mol. The van der Waals surface area contributed by atoms with E-state index in [0.717, 1.165) is 37.0 Å². The summed E-state index contributed by atoms with van der Waals surface area (Å²) in [6.07, 6.45) is 5.07. The van der Waals surface area contributed by atoms with Crippen molar-refractivity contribution in [1.29, 1.82) is 0 Å². The molecule has 1 saturated carbocycles. The second-order valence-corrected chi connectivity index (χ2v) is 8.54. The zero-order valence-corrected chi connectivity index (χ0v) is 16.6. The highest BCUT2D eigenvalue weighted by Crippen LogP contribution is 2.31. The highest BCUT2D eigenvalue weighted by atomic mass is 32.1. The Morgan fingerprint density at radius 3 is 2.46 bits per heavy atom. The second kappa shape index (κ2) is 8.27. The minimum Gasteiger partial charge on any atom is -0.325 e. The van der Waals surface area contributed by atoms with Crippen LogP contribution in [0.25, 0.3) is 0 Å². The number of carbonyl (C=O) groups excluding carboxylic acids is 3. The zero-order valence-electron chi connectivity index (χ0n) is 15.8. The highest BCUT2D eigenvalue weighted by molar-refractivity contribution is 7.09. The number of anilines is 1. The van der Waals surface area contributed by atoms with E-state index in [-0.39, 0.29) is 30.1 Å². The predicted molar refractivity (Wildman–Crippen MR) is 109 cm³/mol. The number of nitrogens with zero attached hydrogens (tertiary/aromatic N) is 2.